The van der Waals surface area contributed by atoms with E-state index in [2.05, 4.69) is 85.4 Å². The summed E-state index contributed by atoms with van der Waals surface area (Å²) >= 11 is 0. The standard InChI is InChI=1S/C30H34N8O/c31-28-18-23(29-30(34-28)36-37-35-29)10-5-12-32-25-17-24(15-21-7-2-1-3-8-21)27(19-25)39-26-11-4-9-22(16-26)20-38-14-6-13-33-38/h1-4,6-9,11,13-14,16,18,24-25,27,32H,5,10,12,15,17,19-20H2,(H3,31,34,35,36,37)/t24-,25-,27+/m0/s1. The Morgan fingerprint density at radius 3 is 2.77 bits per heavy atom. The van der Waals surface area contributed by atoms with E-state index in [9.17, 15) is 0 Å². The van der Waals surface area contributed by atoms with Gasteiger partial charge in [-0.3, -0.25) is 4.68 Å². The molecule has 0 saturated heterocycles. The Balaban J connectivity index is 1.09. The van der Waals surface area contributed by atoms with Gasteiger partial charge >= 0.3 is 0 Å². The van der Waals surface area contributed by atoms with Gasteiger partial charge in [0.2, 0.25) is 5.65 Å². The second kappa shape index (κ2) is 11.7. The molecule has 0 aliphatic heterocycles. The first-order valence-corrected chi connectivity index (χ1v) is 13.7. The van der Waals surface area contributed by atoms with Crippen LogP contribution in [0.2, 0.25) is 0 Å². The second-order valence-corrected chi connectivity index (χ2v) is 10.4. The van der Waals surface area contributed by atoms with E-state index in [0.717, 1.165) is 62.0 Å². The van der Waals surface area contributed by atoms with Crippen LogP contribution in [0.5, 0.6) is 5.75 Å². The first kappa shape index (κ1) is 25.1. The lowest BCUT2D eigenvalue weighted by molar-refractivity contribution is 0.157. The summed E-state index contributed by atoms with van der Waals surface area (Å²) in [5.41, 5.74) is 11.0. The molecule has 0 amide bonds. The van der Waals surface area contributed by atoms with E-state index in [1.807, 2.05) is 29.2 Å². The van der Waals surface area contributed by atoms with Gasteiger partial charge in [-0.1, -0.05) is 42.5 Å². The van der Waals surface area contributed by atoms with E-state index in [1.165, 1.54) is 11.1 Å². The second-order valence-electron chi connectivity index (χ2n) is 10.4. The third kappa shape index (κ3) is 6.26. The number of aromatic amines is 1. The highest BCUT2D eigenvalue weighted by Gasteiger charge is 2.35. The van der Waals surface area contributed by atoms with E-state index in [1.54, 1.807) is 0 Å². The van der Waals surface area contributed by atoms with Gasteiger partial charge in [-0.15, -0.1) is 5.10 Å². The topological polar surface area (TPSA) is 120 Å². The highest BCUT2D eigenvalue weighted by Crippen LogP contribution is 2.33. The van der Waals surface area contributed by atoms with Gasteiger partial charge in [0.25, 0.3) is 0 Å². The third-order valence-electron chi connectivity index (χ3n) is 7.51. The number of aromatic nitrogens is 6. The summed E-state index contributed by atoms with van der Waals surface area (Å²) in [5.74, 6) is 1.84. The quantitative estimate of drug-likeness (QED) is 0.223. The molecule has 1 aliphatic rings. The molecule has 9 heteroatoms. The number of ether oxygens (including phenoxy) is 1. The van der Waals surface area contributed by atoms with Crippen molar-refractivity contribution in [2.45, 2.75) is 50.8 Å². The van der Waals surface area contributed by atoms with Gasteiger partial charge in [0.1, 0.15) is 23.2 Å². The average Bonchev–Trinajstić information content (AvgIpc) is 3.70. The monoisotopic (exact) mass is 522 g/mol. The molecule has 3 heterocycles. The van der Waals surface area contributed by atoms with Crippen LogP contribution in [0.3, 0.4) is 0 Å². The van der Waals surface area contributed by atoms with Gasteiger partial charge in [-0.25, -0.2) is 4.98 Å². The van der Waals surface area contributed by atoms with Crippen molar-refractivity contribution in [1.29, 1.82) is 0 Å². The number of nitrogens with two attached hydrogens (primary N) is 1. The average molecular weight is 523 g/mol. The zero-order valence-electron chi connectivity index (χ0n) is 21.9. The number of pyridine rings is 1. The molecule has 4 N–H and O–H groups in total. The van der Waals surface area contributed by atoms with Crippen molar-refractivity contribution < 1.29 is 4.74 Å². The minimum Gasteiger partial charge on any atom is -0.490 e. The van der Waals surface area contributed by atoms with Crippen molar-refractivity contribution in [3.63, 3.8) is 0 Å². The van der Waals surface area contributed by atoms with E-state index in [4.69, 9.17) is 10.5 Å². The van der Waals surface area contributed by atoms with E-state index >= 15 is 0 Å². The fraction of sp³-hybridized carbons (Fsp3) is 0.333. The Hall–Kier alpha value is -4.24. The summed E-state index contributed by atoms with van der Waals surface area (Å²) in [6.45, 7) is 1.65. The van der Waals surface area contributed by atoms with Gasteiger partial charge in [-0.05, 0) is 79.6 Å². The van der Waals surface area contributed by atoms with Crippen molar-refractivity contribution in [3.8, 4) is 5.75 Å². The number of aryl methyl sites for hydroxylation is 1. The lowest BCUT2D eigenvalue weighted by atomic mass is 9.96. The van der Waals surface area contributed by atoms with Crippen molar-refractivity contribution in [3.05, 3.63) is 95.8 Å². The highest BCUT2D eigenvalue weighted by molar-refractivity contribution is 5.75. The predicted molar refractivity (Wildman–Crippen MR) is 151 cm³/mol. The number of anilines is 1. The zero-order valence-corrected chi connectivity index (χ0v) is 21.9. The summed E-state index contributed by atoms with van der Waals surface area (Å²) in [6, 6.07) is 23.4. The largest absolute Gasteiger partial charge is 0.490 e. The number of hydrogen-bond donors (Lipinski definition) is 3. The predicted octanol–water partition coefficient (Wildman–Crippen LogP) is 4.17. The van der Waals surface area contributed by atoms with Gasteiger partial charge in [-0.2, -0.15) is 15.4 Å². The molecule has 2 aromatic carbocycles. The molecule has 1 saturated carbocycles. The maximum absolute atomic E-state index is 6.67. The first-order chi connectivity index (χ1) is 19.2. The number of fused-ring (bicyclic) bond motifs is 1. The van der Waals surface area contributed by atoms with Crippen LogP contribution in [0, 0.1) is 5.92 Å². The Morgan fingerprint density at radius 2 is 1.90 bits per heavy atom. The molecule has 39 heavy (non-hydrogen) atoms. The van der Waals surface area contributed by atoms with Crippen LogP contribution in [0.1, 0.15) is 36.0 Å². The molecule has 6 rings (SSSR count). The summed E-state index contributed by atoms with van der Waals surface area (Å²) in [4.78, 5) is 4.24. The van der Waals surface area contributed by atoms with Crippen molar-refractivity contribution in [1.82, 2.24) is 35.5 Å². The summed E-state index contributed by atoms with van der Waals surface area (Å²) in [7, 11) is 0. The fourth-order valence-electron chi connectivity index (χ4n) is 5.70. The molecule has 200 valence electrons. The number of hydrogen-bond acceptors (Lipinski definition) is 7. The van der Waals surface area contributed by atoms with Crippen LogP contribution in [0.25, 0.3) is 11.2 Å². The SMILES string of the molecule is Nc1cc(CCCN[C@H]2C[C@H](Cc3ccccc3)[C@H](Oc3cccc(Cn4cccn4)c3)C2)c2n[nH]nc2n1. The number of nitrogens with one attached hydrogen (secondary N) is 2. The first-order valence-electron chi connectivity index (χ1n) is 13.7. The molecule has 3 atom stereocenters. The van der Waals surface area contributed by atoms with Crippen LogP contribution in [-0.4, -0.2) is 48.9 Å². The molecule has 3 aromatic heterocycles. The molecule has 0 radical (unpaired) electrons. The Labute approximate surface area is 227 Å². The van der Waals surface area contributed by atoms with Gasteiger partial charge in [0, 0.05) is 24.4 Å². The van der Waals surface area contributed by atoms with Crippen LogP contribution in [0.15, 0.2) is 79.1 Å². The highest BCUT2D eigenvalue weighted by atomic mass is 16.5. The van der Waals surface area contributed by atoms with E-state index in [-0.39, 0.29) is 6.10 Å². The zero-order chi connectivity index (χ0) is 26.4. The Kier molecular flexibility index (Phi) is 7.49. The normalized spacial score (nSPS) is 19.0. The molecular formula is C30H34N8O. The Bertz CT molecular complexity index is 1480. The van der Waals surface area contributed by atoms with Crippen molar-refractivity contribution in [2.75, 3.05) is 12.3 Å². The molecule has 1 fully saturated rings. The lowest BCUT2D eigenvalue weighted by Gasteiger charge is -2.21. The number of nitrogen functional groups attached to an aromatic ring is 1. The van der Waals surface area contributed by atoms with Crippen LogP contribution in [0.4, 0.5) is 5.82 Å². The van der Waals surface area contributed by atoms with Crippen molar-refractivity contribution >= 4 is 17.0 Å². The number of benzene rings is 2. The van der Waals surface area contributed by atoms with E-state index in [0.29, 0.717) is 23.4 Å². The third-order valence-corrected chi connectivity index (χ3v) is 7.51. The molecule has 9 nitrogen and oxygen atoms in total. The van der Waals surface area contributed by atoms with Crippen LogP contribution >= 0.6 is 0 Å². The van der Waals surface area contributed by atoms with Crippen molar-refractivity contribution in [2.24, 2.45) is 5.92 Å². The number of nitrogens with zero attached hydrogens (tertiary/aromatic N) is 5. The summed E-state index contributed by atoms with van der Waals surface area (Å²) in [6.07, 6.45) is 8.86. The molecule has 0 bridgehead atoms. The number of H-pyrrole nitrogens is 1. The maximum Gasteiger partial charge on any atom is 0.203 e. The number of rotatable bonds is 11. The molecule has 5 aromatic rings. The van der Waals surface area contributed by atoms with Gasteiger partial charge in [0.05, 0.1) is 6.54 Å². The lowest BCUT2D eigenvalue weighted by Crippen LogP contribution is -2.29. The van der Waals surface area contributed by atoms with E-state index < -0.39 is 0 Å². The summed E-state index contributed by atoms with van der Waals surface area (Å²) in [5, 5.41) is 19.1. The minimum atomic E-state index is 0.150. The van der Waals surface area contributed by atoms with Crippen LogP contribution < -0.4 is 15.8 Å². The molecular weight excluding hydrogens is 488 g/mol. The molecule has 0 spiro atoms. The molecule has 1 aliphatic carbocycles. The fourth-order valence-corrected chi connectivity index (χ4v) is 5.70. The smallest absolute Gasteiger partial charge is 0.203 e. The minimum absolute atomic E-state index is 0.150. The van der Waals surface area contributed by atoms with Gasteiger partial charge in [0.15, 0.2) is 0 Å². The summed E-state index contributed by atoms with van der Waals surface area (Å²) < 4.78 is 8.60. The van der Waals surface area contributed by atoms with Crippen LogP contribution in [-0.2, 0) is 19.4 Å². The maximum atomic E-state index is 6.67. The van der Waals surface area contributed by atoms with Gasteiger partial charge < -0.3 is 15.8 Å². The Morgan fingerprint density at radius 1 is 1.00 bits per heavy atom. The molecule has 0 unspecified atom stereocenters.